The van der Waals surface area contributed by atoms with Crippen molar-refractivity contribution < 1.29 is 0 Å². The van der Waals surface area contributed by atoms with Crippen LogP contribution in [0.15, 0.2) is 152 Å². The molecule has 9 rings (SSSR count). The molecule has 3 nitrogen and oxygen atoms in total. The number of benzene rings is 7. The Bertz CT molecular complexity index is 2460. The minimum Gasteiger partial charge on any atom is -0.208 e. The summed E-state index contributed by atoms with van der Waals surface area (Å²) in [7, 11) is 0. The van der Waals surface area contributed by atoms with Crippen molar-refractivity contribution in [2.75, 3.05) is 0 Å². The van der Waals surface area contributed by atoms with Crippen molar-refractivity contribution in [1.82, 2.24) is 15.0 Å². The summed E-state index contributed by atoms with van der Waals surface area (Å²) < 4.78 is 0. The van der Waals surface area contributed by atoms with Gasteiger partial charge in [-0.1, -0.05) is 159 Å². The first-order valence-corrected chi connectivity index (χ1v) is 16.1. The van der Waals surface area contributed by atoms with E-state index in [4.69, 9.17) is 15.0 Å². The quantitative estimate of drug-likeness (QED) is 0.188. The Hall–Kier alpha value is -5.93. The highest BCUT2D eigenvalue weighted by Crippen LogP contribution is 2.55. The largest absolute Gasteiger partial charge is 0.208 e. The van der Waals surface area contributed by atoms with Gasteiger partial charge in [0.25, 0.3) is 0 Å². The number of nitrogens with zero attached hydrogens (tertiary/aromatic N) is 3. The number of aromatic nitrogens is 3. The van der Waals surface area contributed by atoms with Crippen molar-refractivity contribution in [1.29, 1.82) is 0 Å². The number of hydrogen-bond donors (Lipinski definition) is 0. The first-order valence-electron chi connectivity index (χ1n) is 16.1. The van der Waals surface area contributed by atoms with Gasteiger partial charge >= 0.3 is 0 Å². The minimum absolute atomic E-state index is 0.213. The van der Waals surface area contributed by atoms with Crippen LogP contribution < -0.4 is 0 Å². The molecule has 0 spiro atoms. The average Bonchev–Trinajstić information content (AvgIpc) is 3.38. The third-order valence-electron chi connectivity index (χ3n) is 9.70. The Balaban J connectivity index is 1.22. The Morgan fingerprint density at radius 2 is 0.809 bits per heavy atom. The summed E-state index contributed by atoms with van der Waals surface area (Å²) in [6.07, 6.45) is 0. The van der Waals surface area contributed by atoms with Gasteiger partial charge in [-0.2, -0.15) is 0 Å². The molecule has 0 fully saturated rings. The highest BCUT2D eigenvalue weighted by atomic mass is 15.0. The fourth-order valence-corrected chi connectivity index (χ4v) is 7.42. The van der Waals surface area contributed by atoms with Gasteiger partial charge in [0.1, 0.15) is 0 Å². The fourth-order valence-electron chi connectivity index (χ4n) is 7.42. The van der Waals surface area contributed by atoms with E-state index >= 15 is 0 Å². The SMILES string of the molecule is CC1(C)c2cc(-c3nc(-c4ccccc4)nc(-c4ccc(-c5ccccc5)cc4)n3)ccc2-c2c1c1ccccc1c1ccccc21. The van der Waals surface area contributed by atoms with Crippen LogP contribution in [0.2, 0.25) is 0 Å². The van der Waals surface area contributed by atoms with E-state index < -0.39 is 0 Å². The van der Waals surface area contributed by atoms with Gasteiger partial charge in [0, 0.05) is 22.1 Å². The molecule has 0 saturated heterocycles. The molecular weight excluding hydrogens is 571 g/mol. The minimum atomic E-state index is -0.213. The second-order valence-electron chi connectivity index (χ2n) is 12.8. The van der Waals surface area contributed by atoms with Crippen LogP contribution in [-0.4, -0.2) is 15.0 Å². The smallest absolute Gasteiger partial charge is 0.164 e. The van der Waals surface area contributed by atoms with E-state index in [2.05, 4.69) is 141 Å². The molecule has 0 N–H and O–H groups in total. The molecule has 3 heteroatoms. The van der Waals surface area contributed by atoms with Crippen LogP contribution in [0.25, 0.3) is 78.0 Å². The number of rotatable bonds is 4. The van der Waals surface area contributed by atoms with E-state index in [1.165, 1.54) is 49.4 Å². The molecule has 1 aromatic heterocycles. The van der Waals surface area contributed by atoms with E-state index in [1.54, 1.807) is 0 Å². The van der Waals surface area contributed by atoms with Crippen molar-refractivity contribution in [3.05, 3.63) is 163 Å². The molecule has 47 heavy (non-hydrogen) atoms. The summed E-state index contributed by atoms with van der Waals surface area (Å²) in [4.78, 5) is 15.1. The predicted octanol–water partition coefficient (Wildman–Crippen LogP) is 11.2. The summed E-state index contributed by atoms with van der Waals surface area (Å²) >= 11 is 0. The lowest BCUT2D eigenvalue weighted by Gasteiger charge is -2.24. The standard InChI is InChI=1S/C44H31N3/c1-44(2)38-27-32(25-26-37(38)39-35-19-11-9-17-33(35)34-18-10-12-20-36(34)40(39)44)43-46-41(30-15-7-4-8-16-30)45-42(47-43)31-23-21-29(22-24-31)28-13-5-3-6-14-28/h3-27H,1-2H3. The number of hydrogen-bond acceptors (Lipinski definition) is 3. The van der Waals surface area contributed by atoms with Crippen LogP contribution in [0.3, 0.4) is 0 Å². The topological polar surface area (TPSA) is 38.7 Å². The van der Waals surface area contributed by atoms with Gasteiger partial charge in [-0.05, 0) is 61.0 Å². The van der Waals surface area contributed by atoms with E-state index in [1.807, 2.05) is 24.3 Å². The van der Waals surface area contributed by atoms with Gasteiger partial charge in [0.05, 0.1) is 0 Å². The molecule has 1 aliphatic carbocycles. The van der Waals surface area contributed by atoms with Gasteiger partial charge < -0.3 is 0 Å². The van der Waals surface area contributed by atoms with E-state index in [9.17, 15) is 0 Å². The molecule has 0 radical (unpaired) electrons. The van der Waals surface area contributed by atoms with Gasteiger partial charge in [0.15, 0.2) is 17.5 Å². The maximum Gasteiger partial charge on any atom is 0.164 e. The van der Waals surface area contributed by atoms with Crippen molar-refractivity contribution in [2.45, 2.75) is 19.3 Å². The zero-order chi connectivity index (χ0) is 31.5. The molecule has 8 aromatic rings. The fraction of sp³-hybridized carbons (Fsp3) is 0.0682. The molecule has 0 amide bonds. The normalized spacial score (nSPS) is 13.1. The number of fused-ring (bicyclic) bond motifs is 8. The van der Waals surface area contributed by atoms with Crippen LogP contribution in [0.4, 0.5) is 0 Å². The average molecular weight is 602 g/mol. The van der Waals surface area contributed by atoms with E-state index in [0.29, 0.717) is 17.5 Å². The predicted molar refractivity (Wildman–Crippen MR) is 194 cm³/mol. The molecular formula is C44H31N3. The monoisotopic (exact) mass is 601 g/mol. The lowest BCUT2D eigenvalue weighted by molar-refractivity contribution is 0.666. The van der Waals surface area contributed by atoms with Crippen LogP contribution in [0.1, 0.15) is 25.0 Å². The summed E-state index contributed by atoms with van der Waals surface area (Å²) in [5.74, 6) is 2.00. The van der Waals surface area contributed by atoms with Gasteiger partial charge in [0.2, 0.25) is 0 Å². The van der Waals surface area contributed by atoms with Crippen molar-refractivity contribution in [3.8, 4) is 56.4 Å². The molecule has 0 unspecified atom stereocenters. The second kappa shape index (κ2) is 10.6. The Kier molecular flexibility index (Phi) is 6.16. The Morgan fingerprint density at radius 1 is 0.383 bits per heavy atom. The third-order valence-corrected chi connectivity index (χ3v) is 9.70. The van der Waals surface area contributed by atoms with Crippen LogP contribution in [0.5, 0.6) is 0 Å². The van der Waals surface area contributed by atoms with Crippen LogP contribution in [0, 0.1) is 0 Å². The summed E-state index contributed by atoms with van der Waals surface area (Å²) in [5, 5.41) is 5.21. The highest BCUT2D eigenvalue weighted by molar-refractivity contribution is 6.18. The summed E-state index contributed by atoms with van der Waals surface area (Å²) in [6, 6.07) is 53.5. The first kappa shape index (κ1) is 27.4. The molecule has 1 heterocycles. The molecule has 0 atom stereocenters. The zero-order valence-corrected chi connectivity index (χ0v) is 26.3. The maximum absolute atomic E-state index is 5.10. The van der Waals surface area contributed by atoms with Crippen LogP contribution in [-0.2, 0) is 5.41 Å². The molecule has 0 aliphatic heterocycles. The van der Waals surface area contributed by atoms with Gasteiger partial charge in [-0.25, -0.2) is 15.0 Å². The summed E-state index contributed by atoms with van der Waals surface area (Å²) in [6.45, 7) is 4.70. The highest BCUT2D eigenvalue weighted by Gasteiger charge is 2.38. The molecule has 1 aliphatic rings. The molecule has 222 valence electrons. The van der Waals surface area contributed by atoms with Crippen molar-refractivity contribution in [2.24, 2.45) is 0 Å². The molecule has 0 saturated carbocycles. The molecule has 7 aromatic carbocycles. The van der Waals surface area contributed by atoms with E-state index in [-0.39, 0.29) is 5.41 Å². The lowest BCUT2D eigenvalue weighted by atomic mass is 9.79. The maximum atomic E-state index is 5.10. The lowest BCUT2D eigenvalue weighted by Crippen LogP contribution is -2.16. The Labute approximate surface area is 274 Å². The zero-order valence-electron chi connectivity index (χ0n) is 26.3. The summed E-state index contributed by atoms with van der Waals surface area (Å²) in [5.41, 5.74) is 10.3. The molecule has 0 bridgehead atoms. The third kappa shape index (κ3) is 4.39. The van der Waals surface area contributed by atoms with Gasteiger partial charge in [-0.15, -0.1) is 0 Å². The second-order valence-corrected chi connectivity index (χ2v) is 12.8. The van der Waals surface area contributed by atoms with Crippen molar-refractivity contribution >= 4 is 21.5 Å². The van der Waals surface area contributed by atoms with Crippen molar-refractivity contribution in [3.63, 3.8) is 0 Å². The Morgan fingerprint density at radius 3 is 1.45 bits per heavy atom. The first-order chi connectivity index (χ1) is 23.1. The van der Waals surface area contributed by atoms with E-state index in [0.717, 1.165) is 22.3 Å². The van der Waals surface area contributed by atoms with Crippen LogP contribution >= 0.6 is 0 Å². The van der Waals surface area contributed by atoms with Gasteiger partial charge in [-0.3, -0.25) is 0 Å².